The van der Waals surface area contributed by atoms with E-state index in [9.17, 15) is 14.0 Å². The highest BCUT2D eigenvalue weighted by atomic mass is 35.5. The van der Waals surface area contributed by atoms with Crippen LogP contribution in [0.25, 0.3) is 0 Å². The van der Waals surface area contributed by atoms with Crippen LogP contribution in [-0.2, 0) is 11.4 Å². The zero-order valence-electron chi connectivity index (χ0n) is 23.0. The molecule has 2 amide bonds. The monoisotopic (exact) mass is 589 g/mol. The zero-order valence-corrected chi connectivity index (χ0v) is 23.8. The van der Waals surface area contributed by atoms with E-state index in [1.54, 1.807) is 54.6 Å². The summed E-state index contributed by atoms with van der Waals surface area (Å²) < 4.78 is 31.1. The number of anilines is 1. The van der Waals surface area contributed by atoms with Gasteiger partial charge in [-0.3, -0.25) is 9.59 Å². The molecule has 0 fully saturated rings. The topological polar surface area (TPSA) is 98.2 Å². The van der Waals surface area contributed by atoms with E-state index in [1.165, 1.54) is 18.3 Å². The summed E-state index contributed by atoms with van der Waals surface area (Å²) in [5.41, 5.74) is 5.17. The van der Waals surface area contributed by atoms with Crippen LogP contribution < -0.4 is 25.0 Å². The first kappa shape index (κ1) is 30.1. The molecular formula is C32H29ClFN3O5. The molecule has 0 aliphatic rings. The van der Waals surface area contributed by atoms with E-state index in [0.29, 0.717) is 40.7 Å². The molecule has 4 rings (SSSR count). The number of aryl methyl sites for hydroxylation is 1. The lowest BCUT2D eigenvalue weighted by Crippen LogP contribution is -2.21. The molecule has 0 saturated carbocycles. The van der Waals surface area contributed by atoms with Crippen LogP contribution in [0.4, 0.5) is 10.1 Å². The maximum Gasteiger partial charge on any atom is 0.271 e. The van der Waals surface area contributed by atoms with E-state index in [0.717, 1.165) is 5.56 Å². The van der Waals surface area contributed by atoms with E-state index < -0.39 is 11.7 Å². The Bertz CT molecular complexity index is 1560. The van der Waals surface area contributed by atoms with Crippen molar-refractivity contribution in [2.75, 3.05) is 18.5 Å². The van der Waals surface area contributed by atoms with Gasteiger partial charge in [-0.25, -0.2) is 9.82 Å². The number of hydrogen-bond donors (Lipinski definition) is 2. The summed E-state index contributed by atoms with van der Waals surface area (Å²) in [5, 5.41) is 7.03. The van der Waals surface area contributed by atoms with Crippen molar-refractivity contribution in [3.8, 4) is 17.2 Å². The van der Waals surface area contributed by atoms with Crippen molar-refractivity contribution in [1.29, 1.82) is 0 Å². The van der Waals surface area contributed by atoms with Gasteiger partial charge in [0.15, 0.2) is 18.1 Å². The molecule has 0 spiro atoms. The summed E-state index contributed by atoms with van der Waals surface area (Å²) in [4.78, 5) is 24.8. The van der Waals surface area contributed by atoms with E-state index in [2.05, 4.69) is 15.8 Å². The van der Waals surface area contributed by atoms with E-state index in [-0.39, 0.29) is 29.7 Å². The van der Waals surface area contributed by atoms with Crippen LogP contribution in [0.5, 0.6) is 17.2 Å². The number of rotatable bonds is 12. The summed E-state index contributed by atoms with van der Waals surface area (Å²) in [6.45, 7) is 3.90. The van der Waals surface area contributed by atoms with Gasteiger partial charge < -0.3 is 19.5 Å². The minimum atomic E-state index is -0.456. The molecule has 216 valence electrons. The van der Waals surface area contributed by atoms with Gasteiger partial charge in [0.2, 0.25) is 0 Å². The Morgan fingerprint density at radius 3 is 2.43 bits per heavy atom. The molecule has 4 aromatic rings. The lowest BCUT2D eigenvalue weighted by Gasteiger charge is -2.13. The van der Waals surface area contributed by atoms with Crippen LogP contribution in [0.3, 0.4) is 0 Å². The van der Waals surface area contributed by atoms with Gasteiger partial charge in [0.05, 0.1) is 17.8 Å². The summed E-state index contributed by atoms with van der Waals surface area (Å²) in [7, 11) is 0. The number of hydrogen-bond acceptors (Lipinski definition) is 6. The Morgan fingerprint density at radius 2 is 1.69 bits per heavy atom. The van der Waals surface area contributed by atoms with E-state index in [1.807, 2.05) is 32.0 Å². The van der Waals surface area contributed by atoms with Gasteiger partial charge in [-0.15, -0.1) is 0 Å². The second kappa shape index (κ2) is 14.7. The molecule has 0 bridgehead atoms. The number of halogens is 2. The van der Waals surface area contributed by atoms with Crippen LogP contribution in [0, 0.1) is 12.7 Å². The molecule has 8 nitrogen and oxygen atoms in total. The average molecular weight is 590 g/mol. The van der Waals surface area contributed by atoms with Gasteiger partial charge in [-0.05, 0) is 85.6 Å². The number of ether oxygens (including phenoxy) is 3. The third kappa shape index (κ3) is 8.31. The van der Waals surface area contributed by atoms with Gasteiger partial charge in [0, 0.05) is 16.8 Å². The highest BCUT2D eigenvalue weighted by molar-refractivity contribution is 6.31. The van der Waals surface area contributed by atoms with Crippen LogP contribution in [0.1, 0.15) is 34.0 Å². The van der Waals surface area contributed by atoms with Gasteiger partial charge in [-0.1, -0.05) is 35.9 Å². The maximum absolute atomic E-state index is 14.1. The second-order valence-corrected chi connectivity index (χ2v) is 9.41. The number of benzene rings is 4. The Kier molecular flexibility index (Phi) is 10.5. The minimum Gasteiger partial charge on any atom is -0.490 e. The number of amides is 2. The van der Waals surface area contributed by atoms with Gasteiger partial charge in [-0.2, -0.15) is 5.10 Å². The third-order valence-electron chi connectivity index (χ3n) is 5.96. The minimum absolute atomic E-state index is 0.0707. The van der Waals surface area contributed by atoms with Crippen molar-refractivity contribution in [2.24, 2.45) is 5.10 Å². The fourth-order valence-corrected chi connectivity index (χ4v) is 4.02. The zero-order chi connectivity index (χ0) is 29.9. The fraction of sp³-hybridized carbons (Fsp3) is 0.156. The first-order valence-electron chi connectivity index (χ1n) is 13.1. The average Bonchev–Trinajstić information content (AvgIpc) is 2.98. The number of nitrogens with zero attached hydrogens (tertiary/aromatic N) is 1. The predicted octanol–water partition coefficient (Wildman–Crippen LogP) is 6.55. The van der Waals surface area contributed by atoms with Crippen molar-refractivity contribution in [1.82, 2.24) is 5.43 Å². The van der Waals surface area contributed by atoms with Gasteiger partial charge >= 0.3 is 0 Å². The van der Waals surface area contributed by atoms with Gasteiger partial charge in [0.25, 0.3) is 11.8 Å². The van der Waals surface area contributed by atoms with Crippen molar-refractivity contribution < 1.29 is 28.2 Å². The Hall–Kier alpha value is -4.89. The Labute approximate surface area is 248 Å². The van der Waals surface area contributed by atoms with Crippen LogP contribution in [0.15, 0.2) is 90.0 Å². The molecule has 0 aliphatic carbocycles. The quantitative estimate of drug-likeness (QED) is 0.144. The molecule has 2 N–H and O–H groups in total. The lowest BCUT2D eigenvalue weighted by molar-refractivity contribution is -0.118. The first-order valence-corrected chi connectivity index (χ1v) is 13.5. The molecule has 0 aliphatic heterocycles. The summed E-state index contributed by atoms with van der Waals surface area (Å²) >= 11 is 6.09. The van der Waals surface area contributed by atoms with Crippen molar-refractivity contribution in [2.45, 2.75) is 20.5 Å². The predicted molar refractivity (Wildman–Crippen MR) is 160 cm³/mol. The highest BCUT2D eigenvalue weighted by Crippen LogP contribution is 2.30. The molecule has 4 aromatic carbocycles. The van der Waals surface area contributed by atoms with E-state index in [4.69, 9.17) is 25.8 Å². The molecular weight excluding hydrogens is 561 g/mol. The maximum atomic E-state index is 14.1. The Balaban J connectivity index is 1.30. The Morgan fingerprint density at radius 1 is 0.905 bits per heavy atom. The first-order chi connectivity index (χ1) is 20.3. The van der Waals surface area contributed by atoms with E-state index >= 15 is 0 Å². The number of hydrazone groups is 1. The summed E-state index contributed by atoms with van der Waals surface area (Å²) in [5.74, 6) is 0.276. The highest BCUT2D eigenvalue weighted by Gasteiger charge is 2.12. The van der Waals surface area contributed by atoms with Crippen molar-refractivity contribution in [3.05, 3.63) is 118 Å². The number of carbonyl (C=O) groups excluding carboxylic acids is 2. The number of para-hydroxylation sites is 1. The van der Waals surface area contributed by atoms with Crippen LogP contribution in [0.2, 0.25) is 5.02 Å². The van der Waals surface area contributed by atoms with Crippen LogP contribution >= 0.6 is 11.6 Å². The molecule has 10 heteroatoms. The third-order valence-corrected chi connectivity index (χ3v) is 6.32. The SMILES string of the molecule is CCOc1cc(/C=N\NC(=O)c2ccc(NC(=O)COc3ccccc3C)cc2)ccc1OCc1c(F)cccc1Cl. The molecule has 0 aromatic heterocycles. The standard InChI is InChI=1S/C32H29ClFN3O5/c1-3-40-30-17-22(11-16-29(30)41-19-25-26(33)8-6-9-27(25)34)18-35-37-32(39)23-12-14-24(15-13-23)36-31(38)20-42-28-10-5-4-7-21(28)2/h4-18H,3,19-20H2,1-2H3,(H,36,38)(H,37,39)/b35-18-. The molecule has 0 saturated heterocycles. The number of nitrogens with one attached hydrogen (secondary N) is 2. The normalized spacial score (nSPS) is 10.8. The molecule has 42 heavy (non-hydrogen) atoms. The molecule has 0 heterocycles. The molecule has 0 radical (unpaired) electrons. The summed E-state index contributed by atoms with van der Waals surface area (Å²) in [6, 6.07) is 23.3. The fourth-order valence-electron chi connectivity index (χ4n) is 3.81. The summed E-state index contributed by atoms with van der Waals surface area (Å²) in [6.07, 6.45) is 1.46. The molecule has 0 atom stereocenters. The van der Waals surface area contributed by atoms with Crippen molar-refractivity contribution in [3.63, 3.8) is 0 Å². The van der Waals surface area contributed by atoms with Crippen LogP contribution in [-0.4, -0.2) is 31.2 Å². The van der Waals surface area contributed by atoms with Gasteiger partial charge in [0.1, 0.15) is 18.2 Å². The second-order valence-electron chi connectivity index (χ2n) is 9.01. The lowest BCUT2D eigenvalue weighted by atomic mass is 10.2. The molecule has 0 unspecified atom stereocenters. The smallest absolute Gasteiger partial charge is 0.271 e. The van der Waals surface area contributed by atoms with Crippen molar-refractivity contribution >= 4 is 35.3 Å². The largest absolute Gasteiger partial charge is 0.490 e. The number of carbonyl (C=O) groups is 2.